The van der Waals surface area contributed by atoms with Crippen molar-refractivity contribution in [2.24, 2.45) is 5.73 Å². The molecule has 0 unspecified atom stereocenters. The quantitative estimate of drug-likeness (QED) is 0.560. The van der Waals surface area contributed by atoms with Crippen LogP contribution in [0.4, 0.5) is 5.82 Å². The molecule has 2 aromatic rings. The maximum absolute atomic E-state index is 12.1. The van der Waals surface area contributed by atoms with E-state index in [9.17, 15) is 14.7 Å². The summed E-state index contributed by atoms with van der Waals surface area (Å²) in [7, 11) is 4.73. The topological polar surface area (TPSA) is 122 Å². The summed E-state index contributed by atoms with van der Waals surface area (Å²) >= 11 is 0. The average molecular weight is 395 g/mol. The van der Waals surface area contributed by atoms with Crippen LogP contribution in [0.2, 0.25) is 0 Å². The van der Waals surface area contributed by atoms with Gasteiger partial charge in [0.1, 0.15) is 5.69 Å². The molecular weight excluding hydrogens is 374 g/mol. The Bertz CT molecular complexity index is 1030. The number of benzene rings is 1. The van der Waals surface area contributed by atoms with Gasteiger partial charge < -0.3 is 15.7 Å². The predicted molar refractivity (Wildman–Crippen MR) is 105 cm³/mol. The van der Waals surface area contributed by atoms with E-state index in [-0.39, 0.29) is 17.9 Å². The molecule has 2 heterocycles. The Labute approximate surface area is 168 Å². The van der Waals surface area contributed by atoms with Crippen LogP contribution >= 0.6 is 0 Å². The molecule has 1 atom stereocenters. The van der Waals surface area contributed by atoms with E-state index in [0.29, 0.717) is 23.5 Å². The maximum Gasteiger partial charge on any atom is 0.267 e. The van der Waals surface area contributed by atoms with E-state index in [1.54, 1.807) is 38.4 Å². The van der Waals surface area contributed by atoms with E-state index in [4.69, 9.17) is 10.6 Å². The Balaban J connectivity index is 1.98. The maximum atomic E-state index is 12.1. The van der Waals surface area contributed by atoms with Crippen molar-refractivity contribution in [3.05, 3.63) is 41.6 Å². The first-order valence-corrected chi connectivity index (χ1v) is 8.82. The van der Waals surface area contributed by atoms with Gasteiger partial charge in [0.25, 0.3) is 11.8 Å². The van der Waals surface area contributed by atoms with Gasteiger partial charge >= 0.3 is 0 Å². The van der Waals surface area contributed by atoms with Crippen LogP contribution in [0.1, 0.15) is 22.5 Å². The molecule has 3 N–H and O–H groups in total. The summed E-state index contributed by atoms with van der Waals surface area (Å²) in [6.07, 6.45) is 0.255. The Morgan fingerprint density at radius 3 is 2.76 bits per heavy atom. The first-order valence-electron chi connectivity index (χ1n) is 8.82. The molecule has 9 heteroatoms. The fourth-order valence-corrected chi connectivity index (χ4v) is 2.83. The number of hydrogen-bond acceptors (Lipinski definition) is 7. The van der Waals surface area contributed by atoms with Gasteiger partial charge in [-0.25, -0.2) is 15.0 Å². The molecule has 29 heavy (non-hydrogen) atoms. The van der Waals surface area contributed by atoms with E-state index in [1.165, 1.54) is 23.1 Å². The number of aliphatic hydroxyl groups is 1. The molecule has 1 aromatic carbocycles. The van der Waals surface area contributed by atoms with Gasteiger partial charge in [-0.1, -0.05) is 24.0 Å². The highest BCUT2D eigenvalue weighted by molar-refractivity contribution is 5.92. The third-order valence-corrected chi connectivity index (χ3v) is 4.61. The monoisotopic (exact) mass is 395 g/mol. The fourth-order valence-electron chi connectivity index (χ4n) is 2.83. The van der Waals surface area contributed by atoms with Crippen molar-refractivity contribution in [2.45, 2.75) is 12.0 Å². The zero-order chi connectivity index (χ0) is 21.2. The number of carbonyl (C=O) groups is 2. The SMILES string of the molecule is CON(C)c1cc(C(N)=O)nc(-c2cccc(C#C[C@]3(O)CCN(C)C3=O)c2)n1. The first kappa shape index (κ1) is 20.3. The largest absolute Gasteiger partial charge is 0.369 e. The summed E-state index contributed by atoms with van der Waals surface area (Å²) in [6, 6.07) is 8.37. The van der Waals surface area contributed by atoms with Crippen LogP contribution in [0.25, 0.3) is 11.4 Å². The van der Waals surface area contributed by atoms with Gasteiger partial charge in [-0.05, 0) is 12.1 Å². The molecule has 2 amide bonds. The molecule has 0 spiro atoms. The van der Waals surface area contributed by atoms with Crippen LogP contribution in [-0.4, -0.2) is 65.1 Å². The zero-order valence-corrected chi connectivity index (χ0v) is 16.3. The number of anilines is 1. The molecule has 1 fully saturated rings. The van der Waals surface area contributed by atoms with E-state index < -0.39 is 17.4 Å². The predicted octanol–water partition coefficient (Wildman–Crippen LogP) is 0.185. The van der Waals surface area contributed by atoms with E-state index in [1.807, 2.05) is 0 Å². The fraction of sp³-hybridized carbons (Fsp3) is 0.300. The summed E-state index contributed by atoms with van der Waals surface area (Å²) in [5.41, 5.74) is 4.90. The molecule has 1 saturated heterocycles. The number of nitrogens with two attached hydrogens (primary N) is 1. The number of nitrogens with zero attached hydrogens (tertiary/aromatic N) is 4. The minimum atomic E-state index is -1.68. The summed E-state index contributed by atoms with van der Waals surface area (Å²) in [4.78, 5) is 38.9. The van der Waals surface area contributed by atoms with E-state index >= 15 is 0 Å². The second-order valence-electron chi connectivity index (χ2n) is 6.65. The Hall–Kier alpha value is -3.48. The molecular formula is C20H21N5O4. The Morgan fingerprint density at radius 1 is 1.38 bits per heavy atom. The summed E-state index contributed by atoms with van der Waals surface area (Å²) in [6.45, 7) is 0.452. The molecule has 0 saturated carbocycles. The summed E-state index contributed by atoms with van der Waals surface area (Å²) in [5.74, 6) is 5.03. The number of carbonyl (C=O) groups excluding carboxylic acids is 2. The lowest BCUT2D eigenvalue weighted by Crippen LogP contribution is -2.37. The molecule has 3 rings (SSSR count). The van der Waals surface area contributed by atoms with Crippen molar-refractivity contribution >= 4 is 17.6 Å². The van der Waals surface area contributed by atoms with Crippen molar-refractivity contribution in [3.8, 4) is 23.2 Å². The second kappa shape index (κ2) is 7.87. The normalized spacial score (nSPS) is 18.3. The highest BCUT2D eigenvalue weighted by Crippen LogP contribution is 2.23. The van der Waals surface area contributed by atoms with Gasteiger partial charge in [0.05, 0.1) is 7.11 Å². The lowest BCUT2D eigenvalue weighted by molar-refractivity contribution is -0.137. The lowest BCUT2D eigenvalue weighted by Gasteiger charge is -2.16. The number of likely N-dealkylation sites (N-methyl/N-ethyl adjacent to an activating group) is 1. The van der Waals surface area contributed by atoms with Crippen molar-refractivity contribution < 1.29 is 19.5 Å². The van der Waals surface area contributed by atoms with Crippen molar-refractivity contribution in [2.75, 3.05) is 32.8 Å². The van der Waals surface area contributed by atoms with Crippen LogP contribution in [0, 0.1) is 11.8 Å². The molecule has 0 aliphatic carbocycles. The molecule has 1 aliphatic heterocycles. The van der Waals surface area contributed by atoms with Crippen LogP contribution in [0.3, 0.4) is 0 Å². The van der Waals surface area contributed by atoms with Crippen molar-refractivity contribution in [3.63, 3.8) is 0 Å². The number of likely N-dealkylation sites (tertiary alicyclic amines) is 1. The standard InChI is InChI=1S/C20H21N5O4/c1-24-10-9-20(28,19(24)27)8-7-13-5-4-6-14(11-13)18-22-15(17(21)26)12-16(23-18)25(2)29-3/h4-6,11-12,28H,9-10H2,1-3H3,(H2,21,26)/t20-/m0/s1. The molecule has 0 bridgehead atoms. The highest BCUT2D eigenvalue weighted by Gasteiger charge is 2.42. The number of aromatic nitrogens is 2. The van der Waals surface area contributed by atoms with Gasteiger partial charge in [0.2, 0.25) is 5.60 Å². The van der Waals surface area contributed by atoms with Crippen molar-refractivity contribution in [1.82, 2.24) is 14.9 Å². The summed E-state index contributed by atoms with van der Waals surface area (Å²) < 4.78 is 0. The number of hydrogen-bond donors (Lipinski definition) is 2. The molecule has 150 valence electrons. The highest BCUT2D eigenvalue weighted by atomic mass is 16.7. The van der Waals surface area contributed by atoms with Crippen LogP contribution in [0.5, 0.6) is 0 Å². The number of hydroxylamine groups is 1. The van der Waals surface area contributed by atoms with Crippen LogP contribution < -0.4 is 10.8 Å². The van der Waals surface area contributed by atoms with E-state index in [0.717, 1.165) is 0 Å². The third-order valence-electron chi connectivity index (χ3n) is 4.61. The van der Waals surface area contributed by atoms with Gasteiger partial charge in [-0.15, -0.1) is 0 Å². The minimum absolute atomic E-state index is 0.0410. The van der Waals surface area contributed by atoms with Gasteiger partial charge in [-0.2, -0.15) is 0 Å². The number of rotatable bonds is 4. The molecule has 9 nitrogen and oxygen atoms in total. The molecule has 1 aliphatic rings. The first-order chi connectivity index (χ1) is 13.7. The van der Waals surface area contributed by atoms with Crippen LogP contribution in [-0.2, 0) is 9.63 Å². The lowest BCUT2D eigenvalue weighted by atomic mass is 10.0. The number of amides is 2. The van der Waals surface area contributed by atoms with Crippen LogP contribution in [0.15, 0.2) is 30.3 Å². The second-order valence-corrected chi connectivity index (χ2v) is 6.65. The van der Waals surface area contributed by atoms with E-state index in [2.05, 4.69) is 21.8 Å². The molecule has 0 radical (unpaired) electrons. The molecule has 1 aromatic heterocycles. The zero-order valence-electron chi connectivity index (χ0n) is 16.3. The minimum Gasteiger partial charge on any atom is -0.369 e. The van der Waals surface area contributed by atoms with Gasteiger partial charge in [0.15, 0.2) is 11.6 Å². The third kappa shape index (κ3) is 4.18. The Kier molecular flexibility index (Phi) is 5.50. The summed E-state index contributed by atoms with van der Waals surface area (Å²) in [5, 5.41) is 11.8. The average Bonchev–Trinajstić information content (AvgIpc) is 2.99. The van der Waals surface area contributed by atoms with Gasteiger partial charge in [-0.3, -0.25) is 14.4 Å². The van der Waals surface area contributed by atoms with Gasteiger partial charge in [0, 0.05) is 44.3 Å². The Morgan fingerprint density at radius 2 is 2.14 bits per heavy atom. The number of primary amides is 1. The van der Waals surface area contributed by atoms with Crippen molar-refractivity contribution in [1.29, 1.82) is 0 Å². The smallest absolute Gasteiger partial charge is 0.267 e.